The monoisotopic (exact) mass is 573 g/mol. The van der Waals surface area contributed by atoms with Crippen LogP contribution in [0.4, 0.5) is 0 Å². The molecule has 8 heteroatoms. The molecule has 0 N–H and O–H groups in total. The van der Waals surface area contributed by atoms with E-state index < -0.39 is 0 Å². The summed E-state index contributed by atoms with van der Waals surface area (Å²) < 4.78 is 20.3. The maximum absolute atomic E-state index is 12.5. The summed E-state index contributed by atoms with van der Waals surface area (Å²) in [5.74, 6) is 1.07. The van der Waals surface area contributed by atoms with Crippen LogP contribution < -0.4 is 5.46 Å². The Kier molecular flexibility index (Phi) is 10.8. The van der Waals surface area contributed by atoms with Crippen LogP contribution >= 0.6 is 0 Å². The highest BCUT2D eigenvalue weighted by molar-refractivity contribution is 6.62. The molecule has 42 heavy (non-hydrogen) atoms. The SMILES string of the molecule is CCCCc1nc2cc(/C=C/C(=O)COCc3ccc(B4OC(C)(C)C(C)(C)O4)cc3)ccc2n1CCN(CC)CC. The zero-order valence-electron chi connectivity index (χ0n) is 26.6. The number of aromatic nitrogens is 2. The quantitative estimate of drug-likeness (QED) is 0.169. The molecule has 0 amide bonds. The number of unbranched alkanes of at least 4 members (excludes halogenated alkanes) is 1. The predicted octanol–water partition coefficient (Wildman–Crippen LogP) is 5.82. The second-order valence-corrected chi connectivity index (χ2v) is 12.2. The van der Waals surface area contributed by atoms with Gasteiger partial charge in [0.25, 0.3) is 0 Å². The topological polar surface area (TPSA) is 65.8 Å². The number of likely N-dealkylation sites (N-methyl/N-ethyl adjacent to an activating group) is 1. The average molecular weight is 574 g/mol. The molecule has 1 aliphatic rings. The van der Waals surface area contributed by atoms with Crippen LogP contribution in [0.25, 0.3) is 17.1 Å². The van der Waals surface area contributed by atoms with Crippen molar-refractivity contribution in [3.05, 3.63) is 65.5 Å². The Morgan fingerprint density at radius 2 is 1.71 bits per heavy atom. The number of carbonyl (C=O) groups is 1. The molecular formula is C34H48BN3O4. The summed E-state index contributed by atoms with van der Waals surface area (Å²) in [7, 11) is -0.389. The predicted molar refractivity (Wildman–Crippen MR) is 172 cm³/mol. The average Bonchev–Trinajstić information content (AvgIpc) is 3.42. The molecule has 0 bridgehead atoms. The molecule has 1 aliphatic heterocycles. The van der Waals surface area contributed by atoms with Gasteiger partial charge in [-0.25, -0.2) is 4.98 Å². The number of carbonyl (C=O) groups excluding carboxylic acids is 1. The molecule has 4 rings (SSSR count). The van der Waals surface area contributed by atoms with Gasteiger partial charge in [0.2, 0.25) is 0 Å². The van der Waals surface area contributed by atoms with Crippen LogP contribution in [0.3, 0.4) is 0 Å². The summed E-state index contributed by atoms with van der Waals surface area (Å²) in [4.78, 5) is 20.0. The molecule has 2 aromatic carbocycles. The minimum Gasteiger partial charge on any atom is -0.399 e. The number of rotatable bonds is 15. The summed E-state index contributed by atoms with van der Waals surface area (Å²) in [5, 5.41) is 0. The fraction of sp³-hybridized carbons (Fsp3) is 0.529. The lowest BCUT2D eigenvalue weighted by Gasteiger charge is -2.32. The first-order valence-corrected chi connectivity index (χ1v) is 15.5. The largest absolute Gasteiger partial charge is 0.494 e. The Bertz CT molecular complexity index is 1340. The first-order chi connectivity index (χ1) is 20.1. The van der Waals surface area contributed by atoms with Crippen molar-refractivity contribution in [2.75, 3.05) is 26.2 Å². The van der Waals surface area contributed by atoms with Gasteiger partial charge < -0.3 is 23.5 Å². The second kappa shape index (κ2) is 14.1. The smallest absolute Gasteiger partial charge is 0.399 e. The van der Waals surface area contributed by atoms with E-state index in [0.717, 1.165) is 78.9 Å². The summed E-state index contributed by atoms with van der Waals surface area (Å²) in [6.45, 7) is 19.3. The van der Waals surface area contributed by atoms with Crippen LogP contribution in [-0.2, 0) is 38.4 Å². The van der Waals surface area contributed by atoms with Gasteiger partial charge in [0.05, 0.1) is 28.8 Å². The number of aryl methyl sites for hydroxylation is 1. The lowest BCUT2D eigenvalue weighted by Crippen LogP contribution is -2.41. The highest BCUT2D eigenvalue weighted by Crippen LogP contribution is 2.36. The van der Waals surface area contributed by atoms with E-state index in [2.05, 4.69) is 48.4 Å². The molecule has 1 saturated heterocycles. The minimum absolute atomic E-state index is 0.0267. The number of hydrogen-bond donors (Lipinski definition) is 0. The Labute approximate surface area is 252 Å². The third-order valence-corrected chi connectivity index (χ3v) is 8.62. The second-order valence-electron chi connectivity index (χ2n) is 12.2. The van der Waals surface area contributed by atoms with Crippen molar-refractivity contribution >= 4 is 35.5 Å². The van der Waals surface area contributed by atoms with E-state index in [0.29, 0.717) is 6.61 Å². The number of imidazole rings is 1. The fourth-order valence-electron chi connectivity index (χ4n) is 5.11. The summed E-state index contributed by atoms with van der Waals surface area (Å²) >= 11 is 0. The van der Waals surface area contributed by atoms with Gasteiger partial charge in [-0.1, -0.05) is 63.6 Å². The van der Waals surface area contributed by atoms with Crippen molar-refractivity contribution in [3.63, 3.8) is 0 Å². The molecule has 0 aliphatic carbocycles. The lowest BCUT2D eigenvalue weighted by molar-refractivity contribution is -0.119. The fourth-order valence-corrected chi connectivity index (χ4v) is 5.11. The third kappa shape index (κ3) is 7.78. The Balaban J connectivity index is 1.31. The van der Waals surface area contributed by atoms with E-state index in [1.54, 1.807) is 6.08 Å². The number of hydrogen-bond acceptors (Lipinski definition) is 6. The molecule has 0 saturated carbocycles. The van der Waals surface area contributed by atoms with Crippen LogP contribution in [0.1, 0.15) is 78.3 Å². The molecule has 3 aromatic rings. The number of ketones is 1. The van der Waals surface area contributed by atoms with Crippen molar-refractivity contribution in [3.8, 4) is 0 Å². The Morgan fingerprint density at radius 3 is 2.36 bits per heavy atom. The molecule has 0 atom stereocenters. The van der Waals surface area contributed by atoms with Gasteiger partial charge in [0.15, 0.2) is 5.78 Å². The molecule has 226 valence electrons. The maximum Gasteiger partial charge on any atom is 0.494 e. The summed E-state index contributed by atoms with van der Waals surface area (Å²) in [5.41, 5.74) is 4.32. The zero-order chi connectivity index (χ0) is 30.3. The van der Waals surface area contributed by atoms with E-state index in [1.807, 2.05) is 58.0 Å². The van der Waals surface area contributed by atoms with Gasteiger partial charge in [-0.05, 0) is 82.0 Å². The lowest BCUT2D eigenvalue weighted by atomic mass is 9.79. The van der Waals surface area contributed by atoms with Crippen LogP contribution in [0, 0.1) is 0 Å². The first-order valence-electron chi connectivity index (χ1n) is 15.5. The molecule has 7 nitrogen and oxygen atoms in total. The van der Waals surface area contributed by atoms with E-state index >= 15 is 0 Å². The van der Waals surface area contributed by atoms with Gasteiger partial charge >= 0.3 is 7.12 Å². The van der Waals surface area contributed by atoms with Gasteiger partial charge in [-0.3, -0.25) is 4.79 Å². The first kappa shape index (κ1) is 32.1. The molecule has 2 heterocycles. The van der Waals surface area contributed by atoms with Crippen LogP contribution in [0.15, 0.2) is 48.5 Å². The molecule has 1 fully saturated rings. The number of benzene rings is 2. The van der Waals surface area contributed by atoms with Crippen LogP contribution in [0.5, 0.6) is 0 Å². The normalized spacial score (nSPS) is 16.3. The van der Waals surface area contributed by atoms with Crippen molar-refractivity contribution < 1.29 is 18.8 Å². The zero-order valence-corrected chi connectivity index (χ0v) is 26.6. The highest BCUT2D eigenvalue weighted by atomic mass is 16.7. The molecule has 0 unspecified atom stereocenters. The van der Waals surface area contributed by atoms with Crippen LogP contribution in [0.2, 0.25) is 0 Å². The van der Waals surface area contributed by atoms with E-state index in [9.17, 15) is 4.79 Å². The summed E-state index contributed by atoms with van der Waals surface area (Å²) in [6, 6.07) is 14.2. The van der Waals surface area contributed by atoms with Gasteiger partial charge in [0.1, 0.15) is 12.4 Å². The minimum atomic E-state index is -0.389. The van der Waals surface area contributed by atoms with Crippen molar-refractivity contribution in [2.45, 2.75) is 92.1 Å². The standard InChI is InChI=1S/C34H48BN3O4/c1-8-11-12-32-36-30-23-26(16-20-31(30)38(32)22-21-37(9-2)10-3)15-19-29(39)25-40-24-27-13-17-28(18-14-27)35-41-33(4,5)34(6,7)42-35/h13-20,23H,8-12,21-22,24-25H2,1-7H3/b19-15+. The Morgan fingerprint density at radius 1 is 1.02 bits per heavy atom. The van der Waals surface area contributed by atoms with E-state index in [-0.39, 0.29) is 30.7 Å². The van der Waals surface area contributed by atoms with Gasteiger partial charge in [0, 0.05) is 19.5 Å². The molecular weight excluding hydrogens is 525 g/mol. The van der Waals surface area contributed by atoms with Gasteiger partial charge in [-0.15, -0.1) is 0 Å². The van der Waals surface area contributed by atoms with Crippen molar-refractivity contribution in [2.24, 2.45) is 0 Å². The Hall–Kier alpha value is -2.78. The van der Waals surface area contributed by atoms with Gasteiger partial charge in [-0.2, -0.15) is 0 Å². The number of ether oxygens (including phenoxy) is 1. The maximum atomic E-state index is 12.5. The number of nitrogens with zero attached hydrogens (tertiary/aromatic N) is 3. The molecule has 0 radical (unpaired) electrons. The van der Waals surface area contributed by atoms with E-state index in [4.69, 9.17) is 19.0 Å². The molecule has 1 aromatic heterocycles. The molecule has 0 spiro atoms. The third-order valence-electron chi connectivity index (χ3n) is 8.62. The van der Waals surface area contributed by atoms with Crippen molar-refractivity contribution in [1.29, 1.82) is 0 Å². The summed E-state index contributed by atoms with van der Waals surface area (Å²) in [6.07, 6.45) is 6.69. The van der Waals surface area contributed by atoms with Crippen LogP contribution in [-0.4, -0.2) is 64.8 Å². The van der Waals surface area contributed by atoms with E-state index in [1.165, 1.54) is 0 Å². The highest BCUT2D eigenvalue weighted by Gasteiger charge is 2.51. The number of fused-ring (bicyclic) bond motifs is 1. The van der Waals surface area contributed by atoms with Crippen molar-refractivity contribution in [1.82, 2.24) is 14.5 Å².